The molecular weight excluding hydrogens is 226 g/mol. The van der Waals surface area contributed by atoms with Crippen LogP contribution >= 0.6 is 0 Å². The summed E-state index contributed by atoms with van der Waals surface area (Å²) in [6, 6.07) is 9.81. The van der Waals surface area contributed by atoms with E-state index in [0.717, 1.165) is 12.0 Å². The van der Waals surface area contributed by atoms with Gasteiger partial charge in [-0.3, -0.25) is 10.2 Å². The monoisotopic (exact) mass is 247 g/mol. The Bertz CT molecular complexity index is 403. The third-order valence-electron chi connectivity index (χ3n) is 3.03. The van der Waals surface area contributed by atoms with Crippen molar-refractivity contribution in [1.29, 1.82) is 5.41 Å². The Morgan fingerprint density at radius 2 is 1.89 bits per heavy atom. The van der Waals surface area contributed by atoms with Crippen LogP contribution in [0.5, 0.6) is 0 Å². The molecule has 2 unspecified atom stereocenters. The molecule has 0 fully saturated rings. The highest BCUT2D eigenvalue weighted by Crippen LogP contribution is 2.17. The molecular formula is C14H21N3O. The Morgan fingerprint density at radius 1 is 1.28 bits per heavy atom. The first-order valence-electron chi connectivity index (χ1n) is 6.29. The molecule has 0 bridgehead atoms. The second-order valence-electron chi connectivity index (χ2n) is 4.30. The van der Waals surface area contributed by atoms with Crippen LogP contribution in [0.15, 0.2) is 30.3 Å². The molecule has 0 spiro atoms. The summed E-state index contributed by atoms with van der Waals surface area (Å²) in [5, 5.41) is 10.4. The fourth-order valence-electron chi connectivity index (χ4n) is 1.93. The van der Waals surface area contributed by atoms with Crippen molar-refractivity contribution in [3.63, 3.8) is 0 Å². The molecule has 0 aromatic heterocycles. The van der Waals surface area contributed by atoms with Crippen LogP contribution in [0.4, 0.5) is 0 Å². The minimum Gasteiger partial charge on any atom is -0.387 e. The number of carbonyl (C=O) groups excluding carboxylic acids is 1. The van der Waals surface area contributed by atoms with Gasteiger partial charge in [0.15, 0.2) is 0 Å². The number of hydrogen-bond acceptors (Lipinski definition) is 2. The zero-order valence-electron chi connectivity index (χ0n) is 10.9. The van der Waals surface area contributed by atoms with Crippen LogP contribution in [0.2, 0.25) is 0 Å². The topological polar surface area (TPSA) is 79.0 Å². The van der Waals surface area contributed by atoms with Crippen molar-refractivity contribution in [1.82, 2.24) is 5.32 Å². The lowest BCUT2D eigenvalue weighted by Gasteiger charge is -2.21. The van der Waals surface area contributed by atoms with Gasteiger partial charge in [0.05, 0.1) is 12.0 Å². The quantitative estimate of drug-likeness (QED) is 0.532. The van der Waals surface area contributed by atoms with E-state index in [1.54, 1.807) is 0 Å². The van der Waals surface area contributed by atoms with Crippen molar-refractivity contribution < 1.29 is 4.79 Å². The SMILES string of the molecule is CCC(C(=N)N)C(=O)NC(CC)c1ccccc1. The minimum absolute atomic E-state index is 0.0212. The lowest BCUT2D eigenvalue weighted by molar-refractivity contribution is -0.123. The zero-order valence-corrected chi connectivity index (χ0v) is 10.9. The number of benzene rings is 1. The van der Waals surface area contributed by atoms with Crippen molar-refractivity contribution in [3.05, 3.63) is 35.9 Å². The van der Waals surface area contributed by atoms with Crippen LogP contribution in [0.3, 0.4) is 0 Å². The highest BCUT2D eigenvalue weighted by atomic mass is 16.2. The largest absolute Gasteiger partial charge is 0.387 e. The van der Waals surface area contributed by atoms with Gasteiger partial charge in [0, 0.05) is 0 Å². The van der Waals surface area contributed by atoms with Gasteiger partial charge in [-0.1, -0.05) is 44.2 Å². The number of rotatable bonds is 6. The van der Waals surface area contributed by atoms with Crippen molar-refractivity contribution in [2.45, 2.75) is 32.7 Å². The third-order valence-corrected chi connectivity index (χ3v) is 3.03. The van der Waals surface area contributed by atoms with E-state index in [1.165, 1.54) is 0 Å². The van der Waals surface area contributed by atoms with Gasteiger partial charge in [-0.15, -0.1) is 0 Å². The summed E-state index contributed by atoms with van der Waals surface area (Å²) < 4.78 is 0. The number of amides is 1. The number of nitrogens with one attached hydrogen (secondary N) is 2. The van der Waals surface area contributed by atoms with E-state index < -0.39 is 5.92 Å². The Balaban J connectivity index is 2.75. The molecule has 1 aromatic rings. The maximum atomic E-state index is 12.0. The summed E-state index contributed by atoms with van der Waals surface area (Å²) >= 11 is 0. The molecule has 98 valence electrons. The predicted molar refractivity (Wildman–Crippen MR) is 73.3 cm³/mol. The lowest BCUT2D eigenvalue weighted by Crippen LogP contribution is -2.39. The Kier molecular flexibility index (Phi) is 5.36. The van der Waals surface area contributed by atoms with Gasteiger partial charge >= 0.3 is 0 Å². The predicted octanol–water partition coefficient (Wildman–Crippen LogP) is 2.22. The molecule has 4 heteroatoms. The maximum Gasteiger partial charge on any atom is 0.231 e. The second kappa shape index (κ2) is 6.79. The van der Waals surface area contributed by atoms with E-state index in [2.05, 4.69) is 5.32 Å². The van der Waals surface area contributed by atoms with E-state index in [4.69, 9.17) is 11.1 Å². The Hall–Kier alpha value is -1.84. The average molecular weight is 247 g/mol. The van der Waals surface area contributed by atoms with E-state index in [-0.39, 0.29) is 17.8 Å². The van der Waals surface area contributed by atoms with E-state index in [0.29, 0.717) is 6.42 Å². The summed E-state index contributed by atoms with van der Waals surface area (Å²) in [7, 11) is 0. The Labute approximate surface area is 108 Å². The molecule has 2 atom stereocenters. The first-order chi connectivity index (χ1) is 8.60. The van der Waals surface area contributed by atoms with Gasteiger partial charge in [-0.2, -0.15) is 0 Å². The van der Waals surface area contributed by atoms with Gasteiger partial charge < -0.3 is 11.1 Å². The molecule has 0 aliphatic heterocycles. The molecule has 0 aliphatic rings. The molecule has 0 saturated heterocycles. The molecule has 1 rings (SSSR count). The fourth-order valence-corrected chi connectivity index (χ4v) is 1.93. The van der Waals surface area contributed by atoms with Gasteiger partial charge in [-0.05, 0) is 18.4 Å². The normalized spacial score (nSPS) is 13.7. The van der Waals surface area contributed by atoms with E-state index in [9.17, 15) is 4.79 Å². The molecule has 0 radical (unpaired) electrons. The van der Waals surface area contributed by atoms with Crippen LogP contribution < -0.4 is 11.1 Å². The minimum atomic E-state index is -0.525. The molecule has 1 amide bonds. The maximum absolute atomic E-state index is 12.0. The fraction of sp³-hybridized carbons (Fsp3) is 0.429. The van der Waals surface area contributed by atoms with Crippen molar-refractivity contribution in [2.75, 3.05) is 0 Å². The van der Waals surface area contributed by atoms with Crippen LogP contribution in [-0.4, -0.2) is 11.7 Å². The van der Waals surface area contributed by atoms with Crippen molar-refractivity contribution in [3.8, 4) is 0 Å². The van der Waals surface area contributed by atoms with Crippen LogP contribution in [0, 0.1) is 11.3 Å². The summed E-state index contributed by atoms with van der Waals surface area (Å²) in [5.74, 6) is -0.763. The molecule has 4 N–H and O–H groups in total. The molecule has 18 heavy (non-hydrogen) atoms. The zero-order chi connectivity index (χ0) is 13.5. The highest BCUT2D eigenvalue weighted by Gasteiger charge is 2.22. The average Bonchev–Trinajstić information content (AvgIpc) is 2.37. The molecule has 0 heterocycles. The summed E-state index contributed by atoms with van der Waals surface area (Å²) in [6.45, 7) is 3.88. The van der Waals surface area contributed by atoms with E-state index >= 15 is 0 Å². The molecule has 4 nitrogen and oxygen atoms in total. The van der Waals surface area contributed by atoms with Gasteiger partial charge in [0.1, 0.15) is 5.84 Å². The molecule has 1 aromatic carbocycles. The first kappa shape index (κ1) is 14.2. The third kappa shape index (κ3) is 3.58. The second-order valence-corrected chi connectivity index (χ2v) is 4.30. The number of carbonyl (C=O) groups is 1. The van der Waals surface area contributed by atoms with Crippen LogP contribution in [0.25, 0.3) is 0 Å². The smallest absolute Gasteiger partial charge is 0.231 e. The Morgan fingerprint density at radius 3 is 2.33 bits per heavy atom. The molecule has 0 saturated carbocycles. The van der Waals surface area contributed by atoms with Gasteiger partial charge in [0.2, 0.25) is 5.91 Å². The highest BCUT2D eigenvalue weighted by molar-refractivity contribution is 6.00. The number of nitrogens with two attached hydrogens (primary N) is 1. The van der Waals surface area contributed by atoms with Crippen molar-refractivity contribution >= 4 is 11.7 Å². The standard InChI is InChI=1S/C14H21N3O/c1-3-11(13(15)16)14(18)17-12(4-2)10-8-6-5-7-9-10/h5-9,11-12H,3-4H2,1-2H3,(H3,15,16)(H,17,18). The first-order valence-corrected chi connectivity index (χ1v) is 6.29. The number of amidine groups is 1. The van der Waals surface area contributed by atoms with E-state index in [1.807, 2.05) is 44.2 Å². The van der Waals surface area contributed by atoms with Crippen LogP contribution in [0.1, 0.15) is 38.3 Å². The van der Waals surface area contributed by atoms with Crippen LogP contribution in [-0.2, 0) is 4.79 Å². The molecule has 0 aliphatic carbocycles. The van der Waals surface area contributed by atoms with Crippen molar-refractivity contribution in [2.24, 2.45) is 11.7 Å². The van der Waals surface area contributed by atoms with Gasteiger partial charge in [-0.25, -0.2) is 0 Å². The lowest BCUT2D eigenvalue weighted by atomic mass is 10.0. The number of hydrogen-bond donors (Lipinski definition) is 3. The van der Waals surface area contributed by atoms with Gasteiger partial charge in [0.25, 0.3) is 0 Å². The summed E-state index contributed by atoms with van der Waals surface area (Å²) in [4.78, 5) is 12.0. The summed E-state index contributed by atoms with van der Waals surface area (Å²) in [6.07, 6.45) is 1.36. The summed E-state index contributed by atoms with van der Waals surface area (Å²) in [5.41, 5.74) is 6.50.